The van der Waals surface area contributed by atoms with Crippen LogP contribution in [0.15, 0.2) is 73.1 Å². The molecule has 8 nitrogen and oxygen atoms in total. The lowest BCUT2D eigenvalue weighted by Gasteiger charge is -2.15. The van der Waals surface area contributed by atoms with Gasteiger partial charge in [-0.25, -0.2) is 27.8 Å². The van der Waals surface area contributed by atoms with E-state index in [4.69, 9.17) is 10.5 Å². The lowest BCUT2D eigenvalue weighted by Crippen LogP contribution is -2.16. The Morgan fingerprint density at radius 3 is 2.55 bits per heavy atom. The number of ether oxygens (including phenoxy) is 1. The summed E-state index contributed by atoms with van der Waals surface area (Å²) in [5.41, 5.74) is 7.25. The van der Waals surface area contributed by atoms with E-state index in [1.807, 2.05) is 0 Å². The molecule has 33 heavy (non-hydrogen) atoms. The molecule has 2 aromatic carbocycles. The van der Waals surface area contributed by atoms with Gasteiger partial charge in [0.2, 0.25) is 21.9 Å². The molecule has 0 spiro atoms. The lowest BCUT2D eigenvalue weighted by atomic mass is 10.1. The maximum atomic E-state index is 15.0. The van der Waals surface area contributed by atoms with Crippen LogP contribution in [0.4, 0.5) is 16.0 Å². The molecule has 0 saturated heterocycles. The monoisotopic (exact) mass is 465 g/mol. The van der Waals surface area contributed by atoms with Gasteiger partial charge in [0.1, 0.15) is 5.75 Å². The maximum Gasteiger partial charge on any atom is 0.237 e. The van der Waals surface area contributed by atoms with Gasteiger partial charge in [0, 0.05) is 18.0 Å². The van der Waals surface area contributed by atoms with Crippen LogP contribution in [-0.2, 0) is 15.8 Å². The minimum atomic E-state index is -3.81. The van der Waals surface area contributed by atoms with Gasteiger partial charge in [-0.05, 0) is 42.8 Å². The van der Waals surface area contributed by atoms with Crippen LogP contribution in [0, 0.1) is 12.7 Å². The second kappa shape index (κ2) is 9.21. The smallest absolute Gasteiger partial charge is 0.237 e. The van der Waals surface area contributed by atoms with Crippen molar-refractivity contribution in [2.75, 3.05) is 10.5 Å². The zero-order chi connectivity index (χ0) is 23.4. The van der Waals surface area contributed by atoms with Crippen LogP contribution < -0.4 is 15.2 Å². The molecule has 2 aromatic heterocycles. The van der Waals surface area contributed by atoms with Crippen LogP contribution in [0.3, 0.4) is 0 Å². The van der Waals surface area contributed by atoms with Crippen molar-refractivity contribution in [2.24, 2.45) is 0 Å². The van der Waals surface area contributed by atoms with Crippen molar-refractivity contribution in [3.05, 3.63) is 90.0 Å². The number of halogens is 1. The molecule has 0 aliphatic carbocycles. The molecule has 0 amide bonds. The number of nitrogens with zero attached hydrogens (tertiary/aromatic N) is 3. The average Bonchev–Trinajstić information content (AvgIpc) is 2.79. The molecular weight excluding hydrogens is 445 g/mol. The first kappa shape index (κ1) is 22.2. The molecule has 10 heteroatoms. The highest BCUT2D eigenvalue weighted by Gasteiger charge is 2.19. The summed E-state index contributed by atoms with van der Waals surface area (Å²) >= 11 is 0. The largest absolute Gasteiger partial charge is 0.438 e. The zero-order valence-electron chi connectivity index (χ0n) is 17.6. The number of sulfonamides is 1. The molecule has 0 fully saturated rings. The van der Waals surface area contributed by atoms with E-state index in [0.717, 1.165) is 0 Å². The average molecular weight is 466 g/mol. The van der Waals surface area contributed by atoms with Gasteiger partial charge in [-0.2, -0.15) is 0 Å². The van der Waals surface area contributed by atoms with Crippen LogP contribution in [0.25, 0.3) is 11.3 Å². The Bertz CT molecular complexity index is 1400. The zero-order valence-corrected chi connectivity index (χ0v) is 18.4. The van der Waals surface area contributed by atoms with E-state index in [1.165, 1.54) is 31.5 Å². The van der Waals surface area contributed by atoms with Gasteiger partial charge in [-0.15, -0.1) is 0 Å². The Hall–Kier alpha value is -4.05. The Balaban J connectivity index is 1.59. The van der Waals surface area contributed by atoms with Crippen LogP contribution >= 0.6 is 0 Å². The van der Waals surface area contributed by atoms with Crippen LogP contribution in [0.1, 0.15) is 11.1 Å². The number of rotatable bonds is 7. The van der Waals surface area contributed by atoms with E-state index >= 15 is 4.39 Å². The number of benzene rings is 2. The van der Waals surface area contributed by atoms with Crippen molar-refractivity contribution in [3.8, 4) is 22.9 Å². The number of hydrogen-bond acceptors (Lipinski definition) is 7. The topological polar surface area (TPSA) is 120 Å². The first-order chi connectivity index (χ1) is 15.8. The predicted molar refractivity (Wildman–Crippen MR) is 124 cm³/mol. The molecule has 0 radical (unpaired) electrons. The molecule has 3 N–H and O–H groups in total. The van der Waals surface area contributed by atoms with Crippen molar-refractivity contribution in [2.45, 2.75) is 12.7 Å². The number of nitrogen functional groups attached to an aromatic ring is 1. The first-order valence-electron chi connectivity index (χ1n) is 9.88. The van der Waals surface area contributed by atoms with Crippen molar-refractivity contribution < 1.29 is 17.5 Å². The third kappa shape index (κ3) is 5.24. The minimum absolute atomic E-state index is 0.0941. The summed E-state index contributed by atoms with van der Waals surface area (Å²) in [6.07, 6.45) is 3.04. The summed E-state index contributed by atoms with van der Waals surface area (Å²) in [5.74, 6) is -0.551. The fourth-order valence-corrected chi connectivity index (χ4v) is 4.35. The quantitative estimate of drug-likeness (QED) is 0.417. The first-order valence-corrected chi connectivity index (χ1v) is 11.5. The SMILES string of the molecule is Cc1c(Oc2ncccc2-c2ccnc(N)n2)ccc(NS(=O)(=O)Cc2ccccc2)c1F. The predicted octanol–water partition coefficient (Wildman–Crippen LogP) is 4.30. The number of anilines is 2. The molecule has 0 aliphatic rings. The second-order valence-electron chi connectivity index (χ2n) is 7.16. The molecule has 0 saturated carbocycles. The Morgan fingerprint density at radius 1 is 1.00 bits per heavy atom. The normalized spacial score (nSPS) is 11.2. The summed E-state index contributed by atoms with van der Waals surface area (Å²) in [4.78, 5) is 12.3. The Labute approximate surface area is 190 Å². The van der Waals surface area contributed by atoms with Crippen molar-refractivity contribution in [3.63, 3.8) is 0 Å². The number of hydrogen-bond donors (Lipinski definition) is 2. The van der Waals surface area contributed by atoms with Crippen LogP contribution in [-0.4, -0.2) is 23.4 Å². The fourth-order valence-electron chi connectivity index (χ4n) is 3.15. The Kier molecular flexibility index (Phi) is 6.18. The third-order valence-corrected chi connectivity index (χ3v) is 5.97. The van der Waals surface area contributed by atoms with E-state index in [9.17, 15) is 8.42 Å². The molecule has 0 unspecified atom stereocenters. The second-order valence-corrected chi connectivity index (χ2v) is 8.88. The van der Waals surface area contributed by atoms with E-state index in [0.29, 0.717) is 16.8 Å². The van der Waals surface area contributed by atoms with Gasteiger partial charge in [0.25, 0.3) is 0 Å². The lowest BCUT2D eigenvalue weighted by molar-refractivity contribution is 0.455. The summed E-state index contributed by atoms with van der Waals surface area (Å²) in [5, 5.41) is 0. The van der Waals surface area contributed by atoms with E-state index < -0.39 is 15.8 Å². The number of pyridine rings is 1. The summed E-state index contributed by atoms with van der Waals surface area (Å²) in [6, 6.07) is 16.5. The van der Waals surface area contributed by atoms with Gasteiger partial charge < -0.3 is 10.5 Å². The molecule has 4 rings (SSSR count). The van der Waals surface area contributed by atoms with Gasteiger partial charge in [-0.3, -0.25) is 4.72 Å². The molecule has 0 atom stereocenters. The van der Waals surface area contributed by atoms with Crippen molar-refractivity contribution in [1.29, 1.82) is 0 Å². The highest BCUT2D eigenvalue weighted by molar-refractivity contribution is 7.91. The highest BCUT2D eigenvalue weighted by Crippen LogP contribution is 2.34. The summed E-state index contributed by atoms with van der Waals surface area (Å²) in [6.45, 7) is 1.49. The van der Waals surface area contributed by atoms with Crippen LogP contribution in [0.5, 0.6) is 11.6 Å². The van der Waals surface area contributed by atoms with Gasteiger partial charge >= 0.3 is 0 Å². The third-order valence-electron chi connectivity index (χ3n) is 4.73. The van der Waals surface area contributed by atoms with Crippen molar-refractivity contribution >= 4 is 21.7 Å². The number of nitrogens with two attached hydrogens (primary N) is 1. The molecular formula is C23H20FN5O3S. The van der Waals surface area contributed by atoms with E-state index in [-0.39, 0.29) is 34.6 Å². The van der Waals surface area contributed by atoms with Gasteiger partial charge in [0.05, 0.1) is 22.7 Å². The highest BCUT2D eigenvalue weighted by atomic mass is 32.2. The standard InChI is InChI=1S/C23H20FN5O3S/c1-15-20(32-22-17(8-5-12-26-22)18-11-13-27-23(25)28-18)10-9-19(21(15)24)29-33(30,31)14-16-6-3-2-4-7-16/h2-13,29H,14H2,1H3,(H2,25,27,28). The Morgan fingerprint density at radius 2 is 1.79 bits per heavy atom. The van der Waals surface area contributed by atoms with Crippen molar-refractivity contribution in [1.82, 2.24) is 15.0 Å². The van der Waals surface area contributed by atoms with E-state index in [2.05, 4.69) is 19.7 Å². The molecule has 4 aromatic rings. The summed E-state index contributed by atoms with van der Waals surface area (Å²) < 4.78 is 48.2. The minimum Gasteiger partial charge on any atom is -0.438 e. The molecule has 0 bridgehead atoms. The molecule has 168 valence electrons. The summed E-state index contributed by atoms with van der Waals surface area (Å²) in [7, 11) is -3.81. The van der Waals surface area contributed by atoms with Gasteiger partial charge in [0.15, 0.2) is 5.82 Å². The molecule has 0 aliphatic heterocycles. The maximum absolute atomic E-state index is 15.0. The molecule has 2 heterocycles. The number of aromatic nitrogens is 3. The number of nitrogens with one attached hydrogen (secondary N) is 1. The fraction of sp³-hybridized carbons (Fsp3) is 0.0870. The van der Waals surface area contributed by atoms with Crippen LogP contribution in [0.2, 0.25) is 0 Å². The van der Waals surface area contributed by atoms with E-state index in [1.54, 1.807) is 48.5 Å². The van der Waals surface area contributed by atoms with Gasteiger partial charge in [-0.1, -0.05) is 30.3 Å².